The van der Waals surface area contributed by atoms with Gasteiger partial charge in [0, 0.05) is 53.3 Å². The van der Waals surface area contributed by atoms with Gasteiger partial charge in [-0.25, -0.2) is 15.0 Å². The number of para-hydroxylation sites is 1. The molecule has 12 rings (SSSR count). The number of benzene rings is 9. The van der Waals surface area contributed by atoms with Gasteiger partial charge >= 0.3 is 0 Å². The molecule has 290 valence electrons. The predicted octanol–water partition coefficient (Wildman–Crippen LogP) is 15.3. The highest BCUT2D eigenvalue weighted by molar-refractivity contribution is 7.26. The van der Waals surface area contributed by atoms with Crippen molar-refractivity contribution in [1.82, 2.24) is 19.5 Å². The van der Waals surface area contributed by atoms with Gasteiger partial charge in [0.05, 0.1) is 11.0 Å². The molecule has 0 atom stereocenters. The van der Waals surface area contributed by atoms with Gasteiger partial charge in [0.15, 0.2) is 17.5 Å². The van der Waals surface area contributed by atoms with E-state index in [9.17, 15) is 0 Å². The van der Waals surface area contributed by atoms with Crippen LogP contribution in [-0.4, -0.2) is 19.5 Å². The third-order valence-electron chi connectivity index (χ3n) is 11.9. The fraction of sp³-hybridized carbons (Fsp3) is 0. The Bertz CT molecular complexity index is 3630. The van der Waals surface area contributed by atoms with Crippen molar-refractivity contribution in [2.45, 2.75) is 0 Å². The number of rotatable bonds is 7. The number of aromatic nitrogens is 4. The van der Waals surface area contributed by atoms with E-state index in [2.05, 4.69) is 193 Å². The minimum atomic E-state index is 0.618. The molecule has 0 bridgehead atoms. The highest BCUT2D eigenvalue weighted by Crippen LogP contribution is 2.44. The zero-order valence-corrected chi connectivity index (χ0v) is 34.3. The van der Waals surface area contributed by atoms with E-state index in [1.807, 2.05) is 41.7 Å². The number of nitrogens with zero attached hydrogens (tertiary/aromatic N) is 4. The lowest BCUT2D eigenvalue weighted by Crippen LogP contribution is -2.01. The summed E-state index contributed by atoms with van der Waals surface area (Å²) in [7, 11) is 0. The second-order valence-electron chi connectivity index (χ2n) is 15.6. The molecule has 0 aliphatic carbocycles. The summed E-state index contributed by atoms with van der Waals surface area (Å²) in [6.45, 7) is 0. The molecule has 0 unspecified atom stereocenters. The van der Waals surface area contributed by atoms with E-state index in [1.165, 1.54) is 42.0 Å². The Morgan fingerprint density at radius 2 is 0.887 bits per heavy atom. The quantitative estimate of drug-likeness (QED) is 0.161. The highest BCUT2D eigenvalue weighted by Gasteiger charge is 2.20. The Labute approximate surface area is 362 Å². The zero-order valence-electron chi connectivity index (χ0n) is 33.5. The molecule has 0 aliphatic rings. The molecule has 0 spiro atoms. The fourth-order valence-corrected chi connectivity index (χ4v) is 10.1. The first-order valence-electron chi connectivity index (χ1n) is 20.8. The summed E-state index contributed by atoms with van der Waals surface area (Å²) in [6, 6.07) is 77.4. The first-order chi connectivity index (χ1) is 30.7. The third kappa shape index (κ3) is 6.18. The van der Waals surface area contributed by atoms with Crippen LogP contribution in [0, 0.1) is 0 Å². The smallest absolute Gasteiger partial charge is 0.164 e. The van der Waals surface area contributed by atoms with Crippen LogP contribution in [0.5, 0.6) is 0 Å². The molecule has 3 heterocycles. The van der Waals surface area contributed by atoms with Crippen LogP contribution >= 0.6 is 11.3 Å². The number of hydrogen-bond donors (Lipinski definition) is 0. The minimum absolute atomic E-state index is 0.618. The topological polar surface area (TPSA) is 43.6 Å². The minimum Gasteiger partial charge on any atom is -0.309 e. The molecule has 0 radical (unpaired) electrons. The van der Waals surface area contributed by atoms with E-state index in [0.717, 1.165) is 55.8 Å². The molecule has 0 fully saturated rings. The maximum atomic E-state index is 5.27. The first-order valence-corrected chi connectivity index (χ1v) is 21.7. The van der Waals surface area contributed by atoms with E-state index in [4.69, 9.17) is 15.0 Å². The van der Waals surface area contributed by atoms with Gasteiger partial charge in [-0.15, -0.1) is 11.3 Å². The van der Waals surface area contributed by atoms with Crippen LogP contribution in [0.2, 0.25) is 0 Å². The third-order valence-corrected chi connectivity index (χ3v) is 13.0. The van der Waals surface area contributed by atoms with Gasteiger partial charge < -0.3 is 4.57 Å². The lowest BCUT2D eigenvalue weighted by molar-refractivity contribution is 1.07. The van der Waals surface area contributed by atoms with Crippen LogP contribution in [0.15, 0.2) is 218 Å². The Kier molecular flexibility index (Phi) is 8.65. The van der Waals surface area contributed by atoms with Gasteiger partial charge in [0.2, 0.25) is 0 Å². The molecule has 9 aromatic carbocycles. The number of hydrogen-bond acceptors (Lipinski definition) is 4. The van der Waals surface area contributed by atoms with Gasteiger partial charge in [0.1, 0.15) is 0 Å². The van der Waals surface area contributed by atoms with Crippen LogP contribution in [0.4, 0.5) is 0 Å². The average molecular weight is 809 g/mol. The molecule has 0 N–H and O–H groups in total. The fourth-order valence-electron chi connectivity index (χ4n) is 8.96. The van der Waals surface area contributed by atoms with Crippen molar-refractivity contribution in [3.05, 3.63) is 218 Å². The van der Waals surface area contributed by atoms with Crippen LogP contribution < -0.4 is 0 Å². The van der Waals surface area contributed by atoms with Crippen molar-refractivity contribution in [1.29, 1.82) is 0 Å². The Hall–Kier alpha value is -7.99. The molecular weight excluding hydrogens is 773 g/mol. The van der Waals surface area contributed by atoms with Crippen molar-refractivity contribution in [3.63, 3.8) is 0 Å². The monoisotopic (exact) mass is 808 g/mol. The van der Waals surface area contributed by atoms with E-state index in [0.29, 0.717) is 17.5 Å². The second kappa shape index (κ2) is 14.9. The van der Waals surface area contributed by atoms with E-state index < -0.39 is 0 Å². The van der Waals surface area contributed by atoms with Gasteiger partial charge in [-0.05, 0) is 88.0 Å². The van der Waals surface area contributed by atoms with Gasteiger partial charge in [-0.3, -0.25) is 0 Å². The Morgan fingerprint density at radius 3 is 1.68 bits per heavy atom. The molecule has 12 aromatic rings. The summed E-state index contributed by atoms with van der Waals surface area (Å²) in [4.78, 5) is 15.6. The second-order valence-corrected chi connectivity index (χ2v) is 16.7. The maximum absolute atomic E-state index is 5.27. The zero-order chi connectivity index (χ0) is 41.0. The highest BCUT2D eigenvalue weighted by atomic mass is 32.1. The summed E-state index contributed by atoms with van der Waals surface area (Å²) in [5, 5.41) is 5.20. The lowest BCUT2D eigenvalue weighted by atomic mass is 9.94. The normalized spacial score (nSPS) is 11.5. The Balaban J connectivity index is 0.999. The summed E-state index contributed by atoms with van der Waals surface area (Å²) >= 11 is 1.86. The van der Waals surface area contributed by atoms with Crippen LogP contribution in [0.3, 0.4) is 0 Å². The van der Waals surface area contributed by atoms with Crippen LogP contribution in [0.25, 0.3) is 115 Å². The van der Waals surface area contributed by atoms with Gasteiger partial charge in [-0.1, -0.05) is 164 Å². The van der Waals surface area contributed by atoms with E-state index in [1.54, 1.807) is 0 Å². The lowest BCUT2D eigenvalue weighted by Gasteiger charge is -2.14. The molecule has 0 amide bonds. The maximum Gasteiger partial charge on any atom is 0.164 e. The molecule has 3 aromatic heterocycles. The van der Waals surface area contributed by atoms with Crippen LogP contribution in [0.1, 0.15) is 0 Å². The molecule has 0 aliphatic heterocycles. The number of fused-ring (bicyclic) bond motifs is 7. The van der Waals surface area contributed by atoms with E-state index >= 15 is 0 Å². The summed E-state index contributed by atoms with van der Waals surface area (Å²) in [5.41, 5.74) is 12.9. The van der Waals surface area contributed by atoms with Crippen molar-refractivity contribution >= 4 is 53.3 Å². The summed E-state index contributed by atoms with van der Waals surface area (Å²) < 4.78 is 5.04. The van der Waals surface area contributed by atoms with Crippen molar-refractivity contribution in [3.8, 4) is 73.2 Å². The first kappa shape index (κ1) is 35.9. The SMILES string of the molecule is c1ccc(-c2ccc(-c3nc(-c4ccccc4)nc(-c4cccc(-c5cccc(-n6c7ccccc7c7c8c(ccc76)sc6ccccc68)c5)c4)n3)c(-c3ccccc3)c2)cc1. The van der Waals surface area contributed by atoms with Gasteiger partial charge in [-0.2, -0.15) is 0 Å². The van der Waals surface area contributed by atoms with Crippen LogP contribution in [-0.2, 0) is 0 Å². The molecule has 0 saturated heterocycles. The molecule has 4 nitrogen and oxygen atoms in total. The van der Waals surface area contributed by atoms with Gasteiger partial charge in [0.25, 0.3) is 0 Å². The molecule has 5 heteroatoms. The molecular formula is C57H36N4S. The van der Waals surface area contributed by atoms with Crippen molar-refractivity contribution in [2.24, 2.45) is 0 Å². The molecule has 0 saturated carbocycles. The standard InChI is InChI=1S/C57H36N4S/c1-4-16-37(17-5-1)42-30-31-45(48(36-42)38-18-6-2-7-19-38)57-59-55(39-20-8-3-9-21-39)58-56(60-57)43-24-14-22-40(34-43)41-23-15-25-44(35-41)61-49-28-12-10-26-46(49)53-50(61)32-33-52-54(53)47-27-11-13-29-51(47)62-52/h1-36H. The predicted molar refractivity (Wildman–Crippen MR) is 260 cm³/mol. The number of thiophene rings is 1. The summed E-state index contributed by atoms with van der Waals surface area (Å²) in [6.07, 6.45) is 0. The molecule has 62 heavy (non-hydrogen) atoms. The summed E-state index contributed by atoms with van der Waals surface area (Å²) in [5.74, 6) is 1.87. The van der Waals surface area contributed by atoms with Crippen molar-refractivity contribution in [2.75, 3.05) is 0 Å². The average Bonchev–Trinajstić information content (AvgIpc) is 3.90. The van der Waals surface area contributed by atoms with Crippen molar-refractivity contribution < 1.29 is 0 Å². The largest absolute Gasteiger partial charge is 0.309 e. The van der Waals surface area contributed by atoms with E-state index in [-0.39, 0.29) is 0 Å². The Morgan fingerprint density at radius 1 is 0.306 bits per heavy atom.